The summed E-state index contributed by atoms with van der Waals surface area (Å²) >= 11 is 0. The Balaban J connectivity index is 3.18. The zero-order valence-corrected chi connectivity index (χ0v) is 7.57. The molecule has 72 valence electrons. The second kappa shape index (κ2) is 3.53. The molecule has 0 aliphatic rings. The van der Waals surface area contributed by atoms with Crippen molar-refractivity contribution in [2.75, 3.05) is 7.05 Å². The molecule has 0 fully saturated rings. The standard InChI is InChI=1S/C9H13NO3/c1-5(10-2)6-3-4-7(11)9(13)8(6)12/h3-5,10-13H,1-2H3. The van der Waals surface area contributed by atoms with Gasteiger partial charge in [0.05, 0.1) is 0 Å². The highest BCUT2D eigenvalue weighted by molar-refractivity contribution is 5.53. The third kappa shape index (κ3) is 1.67. The molecule has 0 aromatic heterocycles. The molecule has 0 bridgehead atoms. The Morgan fingerprint density at radius 1 is 1.15 bits per heavy atom. The first-order valence-corrected chi connectivity index (χ1v) is 3.99. The van der Waals surface area contributed by atoms with E-state index in [4.69, 9.17) is 5.11 Å². The Bertz CT molecular complexity index is 312. The average Bonchev–Trinajstić information content (AvgIpc) is 2.13. The maximum atomic E-state index is 9.43. The van der Waals surface area contributed by atoms with Gasteiger partial charge in [-0.3, -0.25) is 0 Å². The van der Waals surface area contributed by atoms with Gasteiger partial charge in [-0.25, -0.2) is 0 Å². The fraction of sp³-hybridized carbons (Fsp3) is 0.333. The maximum absolute atomic E-state index is 9.43. The molecule has 1 rings (SSSR count). The van der Waals surface area contributed by atoms with Gasteiger partial charge in [0.25, 0.3) is 0 Å². The van der Waals surface area contributed by atoms with E-state index in [0.717, 1.165) is 0 Å². The Kier molecular flexibility index (Phi) is 2.63. The van der Waals surface area contributed by atoms with Crippen molar-refractivity contribution in [3.63, 3.8) is 0 Å². The highest BCUT2D eigenvalue weighted by Crippen LogP contribution is 2.39. The van der Waals surface area contributed by atoms with Crippen LogP contribution in [0.4, 0.5) is 0 Å². The Morgan fingerprint density at radius 2 is 1.77 bits per heavy atom. The van der Waals surface area contributed by atoms with E-state index >= 15 is 0 Å². The Hall–Kier alpha value is -1.42. The Morgan fingerprint density at radius 3 is 2.31 bits per heavy atom. The number of hydrogen-bond acceptors (Lipinski definition) is 4. The van der Waals surface area contributed by atoms with Gasteiger partial charge in [0, 0.05) is 11.6 Å². The summed E-state index contributed by atoms with van der Waals surface area (Å²) in [6, 6.07) is 2.83. The largest absolute Gasteiger partial charge is 0.504 e. The van der Waals surface area contributed by atoms with Gasteiger partial charge in [0.1, 0.15) is 0 Å². The minimum Gasteiger partial charge on any atom is -0.504 e. The van der Waals surface area contributed by atoms with Crippen LogP contribution in [0.25, 0.3) is 0 Å². The first-order chi connectivity index (χ1) is 6.07. The minimum atomic E-state index is -0.473. The predicted octanol–water partition coefficient (Wildman–Crippen LogP) is 1.08. The second-order valence-electron chi connectivity index (χ2n) is 2.88. The van der Waals surface area contributed by atoms with Gasteiger partial charge >= 0.3 is 0 Å². The van der Waals surface area contributed by atoms with Crippen molar-refractivity contribution in [3.05, 3.63) is 17.7 Å². The zero-order valence-electron chi connectivity index (χ0n) is 7.57. The summed E-state index contributed by atoms with van der Waals surface area (Å²) < 4.78 is 0. The number of aromatic hydroxyl groups is 3. The van der Waals surface area contributed by atoms with Crippen molar-refractivity contribution in [2.24, 2.45) is 0 Å². The third-order valence-corrected chi connectivity index (χ3v) is 2.06. The molecule has 4 nitrogen and oxygen atoms in total. The summed E-state index contributed by atoms with van der Waals surface area (Å²) in [5.41, 5.74) is 0.554. The second-order valence-corrected chi connectivity index (χ2v) is 2.88. The van der Waals surface area contributed by atoms with E-state index in [1.54, 1.807) is 13.1 Å². The molecule has 1 aromatic rings. The van der Waals surface area contributed by atoms with E-state index < -0.39 is 5.75 Å². The van der Waals surface area contributed by atoms with E-state index in [1.807, 2.05) is 6.92 Å². The predicted molar refractivity (Wildman–Crippen MR) is 48.9 cm³/mol. The lowest BCUT2D eigenvalue weighted by atomic mass is 10.1. The lowest BCUT2D eigenvalue weighted by Crippen LogP contribution is -2.12. The number of hydrogen-bond donors (Lipinski definition) is 4. The van der Waals surface area contributed by atoms with Crippen LogP contribution < -0.4 is 5.32 Å². The molecule has 4 heteroatoms. The molecule has 0 saturated heterocycles. The van der Waals surface area contributed by atoms with Crippen LogP contribution in [-0.4, -0.2) is 22.4 Å². The molecule has 1 atom stereocenters. The van der Waals surface area contributed by atoms with Crippen molar-refractivity contribution in [3.8, 4) is 17.2 Å². The van der Waals surface area contributed by atoms with E-state index in [0.29, 0.717) is 5.56 Å². The zero-order chi connectivity index (χ0) is 10.0. The maximum Gasteiger partial charge on any atom is 0.200 e. The number of nitrogens with one attached hydrogen (secondary N) is 1. The third-order valence-electron chi connectivity index (χ3n) is 2.06. The topological polar surface area (TPSA) is 72.7 Å². The van der Waals surface area contributed by atoms with Gasteiger partial charge in [-0.1, -0.05) is 0 Å². The molecule has 13 heavy (non-hydrogen) atoms. The summed E-state index contributed by atoms with van der Waals surface area (Å²) in [4.78, 5) is 0. The van der Waals surface area contributed by atoms with Crippen molar-refractivity contribution in [1.82, 2.24) is 5.32 Å². The molecule has 0 aliphatic carbocycles. The SMILES string of the molecule is CNC(C)c1ccc(O)c(O)c1O. The molecular formula is C9H13NO3. The smallest absolute Gasteiger partial charge is 0.200 e. The van der Waals surface area contributed by atoms with Gasteiger partial charge < -0.3 is 20.6 Å². The van der Waals surface area contributed by atoms with Crippen LogP contribution in [0.15, 0.2) is 12.1 Å². The van der Waals surface area contributed by atoms with Crippen molar-refractivity contribution in [1.29, 1.82) is 0 Å². The van der Waals surface area contributed by atoms with Gasteiger partial charge in [-0.05, 0) is 26.1 Å². The summed E-state index contributed by atoms with van der Waals surface area (Å²) in [7, 11) is 1.74. The van der Waals surface area contributed by atoms with E-state index in [-0.39, 0.29) is 17.5 Å². The normalized spacial score (nSPS) is 12.8. The van der Waals surface area contributed by atoms with E-state index in [2.05, 4.69) is 5.32 Å². The lowest BCUT2D eigenvalue weighted by Gasteiger charge is -2.13. The number of phenols is 3. The number of phenolic OH excluding ortho intramolecular Hbond substituents is 3. The lowest BCUT2D eigenvalue weighted by molar-refractivity contribution is 0.362. The molecule has 4 N–H and O–H groups in total. The van der Waals surface area contributed by atoms with Crippen LogP contribution in [0.1, 0.15) is 18.5 Å². The van der Waals surface area contributed by atoms with Crippen molar-refractivity contribution in [2.45, 2.75) is 13.0 Å². The Labute approximate surface area is 76.5 Å². The van der Waals surface area contributed by atoms with Gasteiger partial charge in [0.15, 0.2) is 11.5 Å². The fourth-order valence-corrected chi connectivity index (χ4v) is 1.09. The van der Waals surface area contributed by atoms with Crippen LogP contribution in [-0.2, 0) is 0 Å². The molecule has 0 saturated carbocycles. The monoisotopic (exact) mass is 183 g/mol. The van der Waals surface area contributed by atoms with Crippen molar-refractivity contribution >= 4 is 0 Å². The summed E-state index contributed by atoms with van der Waals surface area (Å²) in [6.45, 7) is 1.84. The molecule has 0 spiro atoms. The molecule has 0 heterocycles. The molecule has 1 aromatic carbocycles. The quantitative estimate of drug-likeness (QED) is 0.518. The highest BCUT2D eigenvalue weighted by atomic mass is 16.3. The first-order valence-electron chi connectivity index (χ1n) is 3.99. The molecule has 0 radical (unpaired) electrons. The molecule has 1 unspecified atom stereocenters. The van der Waals surface area contributed by atoms with Crippen LogP contribution in [0.5, 0.6) is 17.2 Å². The fourth-order valence-electron chi connectivity index (χ4n) is 1.09. The van der Waals surface area contributed by atoms with Crippen LogP contribution in [0.3, 0.4) is 0 Å². The first kappa shape index (κ1) is 9.67. The van der Waals surface area contributed by atoms with Crippen molar-refractivity contribution < 1.29 is 15.3 Å². The van der Waals surface area contributed by atoms with Crippen LogP contribution in [0.2, 0.25) is 0 Å². The molecule has 0 aliphatic heterocycles. The van der Waals surface area contributed by atoms with Gasteiger partial charge in [-0.2, -0.15) is 0 Å². The van der Waals surface area contributed by atoms with Gasteiger partial charge in [0.2, 0.25) is 5.75 Å². The van der Waals surface area contributed by atoms with E-state index in [9.17, 15) is 10.2 Å². The van der Waals surface area contributed by atoms with Gasteiger partial charge in [-0.15, -0.1) is 0 Å². The van der Waals surface area contributed by atoms with Crippen LogP contribution >= 0.6 is 0 Å². The summed E-state index contributed by atoms with van der Waals surface area (Å²) in [5.74, 6) is -1.06. The molecular weight excluding hydrogens is 170 g/mol. The van der Waals surface area contributed by atoms with Crippen LogP contribution in [0, 0.1) is 0 Å². The number of rotatable bonds is 2. The minimum absolute atomic E-state index is 0.0773. The molecule has 0 amide bonds. The average molecular weight is 183 g/mol. The number of benzene rings is 1. The van der Waals surface area contributed by atoms with E-state index in [1.165, 1.54) is 6.07 Å². The highest BCUT2D eigenvalue weighted by Gasteiger charge is 2.14. The summed E-state index contributed by atoms with van der Waals surface area (Å²) in [5, 5.41) is 30.6. The summed E-state index contributed by atoms with van der Waals surface area (Å²) in [6.07, 6.45) is 0.